The van der Waals surface area contributed by atoms with Crippen LogP contribution < -0.4 is 9.47 Å². The first-order chi connectivity index (χ1) is 16.2. The van der Waals surface area contributed by atoms with Crippen LogP contribution in [0.1, 0.15) is 55.1 Å². The number of phenols is 1. The van der Waals surface area contributed by atoms with Gasteiger partial charge in [0.15, 0.2) is 18.0 Å². The van der Waals surface area contributed by atoms with Crippen LogP contribution in [0.2, 0.25) is 0 Å². The molecule has 0 atom stereocenters. The van der Waals surface area contributed by atoms with Crippen LogP contribution in [0.5, 0.6) is 17.2 Å². The summed E-state index contributed by atoms with van der Waals surface area (Å²) < 4.78 is 30.1. The minimum absolute atomic E-state index is 0.118. The van der Waals surface area contributed by atoms with Gasteiger partial charge in [-0.1, -0.05) is 5.16 Å². The molecular weight excluding hydrogens is 443 g/mol. The van der Waals surface area contributed by atoms with Gasteiger partial charge in [-0.15, -0.1) is 0 Å². The molecule has 178 valence electrons. The average molecular weight is 468 g/mol. The van der Waals surface area contributed by atoms with Gasteiger partial charge in [0, 0.05) is 42.6 Å². The first-order valence-corrected chi connectivity index (χ1v) is 11.2. The largest absolute Gasteiger partial charge is 0.507 e. The molecule has 0 radical (unpaired) electrons. The van der Waals surface area contributed by atoms with Crippen LogP contribution >= 0.6 is 0 Å². The molecule has 1 amide bonds. The number of hydrogen-bond donors (Lipinski definition) is 1. The van der Waals surface area contributed by atoms with E-state index in [9.17, 15) is 19.1 Å². The van der Waals surface area contributed by atoms with Crippen molar-refractivity contribution in [3.05, 3.63) is 47.4 Å². The Morgan fingerprint density at radius 1 is 1.26 bits per heavy atom. The molecule has 34 heavy (non-hydrogen) atoms. The predicted octanol–water partition coefficient (Wildman–Crippen LogP) is 4.20. The zero-order valence-corrected chi connectivity index (χ0v) is 19.0. The van der Waals surface area contributed by atoms with Crippen molar-refractivity contribution in [1.29, 1.82) is 0 Å². The molecular formula is C25H25FN2O6. The first kappa shape index (κ1) is 22.2. The topological polar surface area (TPSA) is 102 Å². The van der Waals surface area contributed by atoms with Crippen LogP contribution in [0.4, 0.5) is 4.39 Å². The summed E-state index contributed by atoms with van der Waals surface area (Å²) >= 11 is 0. The average Bonchev–Trinajstić information content (AvgIpc) is 3.19. The Labute approximate surface area is 195 Å². The van der Waals surface area contributed by atoms with Crippen molar-refractivity contribution in [2.45, 2.75) is 44.6 Å². The third-order valence-corrected chi connectivity index (χ3v) is 6.36. The van der Waals surface area contributed by atoms with E-state index >= 15 is 0 Å². The highest BCUT2D eigenvalue weighted by Gasteiger charge is 2.35. The number of fused-ring (bicyclic) bond motifs is 2. The monoisotopic (exact) mass is 468 g/mol. The van der Waals surface area contributed by atoms with Crippen molar-refractivity contribution in [2.75, 3.05) is 19.7 Å². The lowest BCUT2D eigenvalue weighted by Gasteiger charge is -2.32. The fourth-order valence-electron chi connectivity index (χ4n) is 4.69. The van der Waals surface area contributed by atoms with Gasteiger partial charge in [0.25, 0.3) is 5.91 Å². The summed E-state index contributed by atoms with van der Waals surface area (Å²) in [5.74, 6) is -0.340. The van der Waals surface area contributed by atoms with Gasteiger partial charge in [0.2, 0.25) is 0 Å². The maximum absolute atomic E-state index is 13.4. The third-order valence-electron chi connectivity index (χ3n) is 6.36. The van der Waals surface area contributed by atoms with Gasteiger partial charge in [-0.2, -0.15) is 0 Å². The molecule has 2 aromatic carbocycles. The Kier molecular flexibility index (Phi) is 5.42. The molecule has 1 N–H and O–H groups in total. The van der Waals surface area contributed by atoms with Crippen molar-refractivity contribution in [3.63, 3.8) is 0 Å². The van der Waals surface area contributed by atoms with Crippen molar-refractivity contribution in [2.24, 2.45) is 0 Å². The van der Waals surface area contributed by atoms with Crippen LogP contribution in [0.3, 0.4) is 0 Å². The number of ketones is 1. The molecule has 0 spiro atoms. The Hall–Kier alpha value is -3.62. The quantitative estimate of drug-likeness (QED) is 0.612. The number of aromatic nitrogens is 1. The van der Waals surface area contributed by atoms with Crippen molar-refractivity contribution >= 4 is 22.7 Å². The minimum atomic E-state index is -0.682. The number of rotatable bonds is 4. The number of benzene rings is 2. The van der Waals surface area contributed by atoms with Crippen LogP contribution in [-0.4, -0.2) is 52.2 Å². The van der Waals surface area contributed by atoms with Gasteiger partial charge in [-0.25, -0.2) is 4.39 Å². The summed E-state index contributed by atoms with van der Waals surface area (Å²) in [5.41, 5.74) is 0.673. The molecule has 5 rings (SSSR count). The maximum atomic E-state index is 13.4. The Balaban J connectivity index is 1.20. The molecule has 0 saturated carbocycles. The van der Waals surface area contributed by atoms with E-state index in [1.807, 2.05) is 0 Å². The molecule has 1 aromatic heterocycles. The van der Waals surface area contributed by atoms with Gasteiger partial charge in [-0.3, -0.25) is 9.59 Å². The summed E-state index contributed by atoms with van der Waals surface area (Å²) in [7, 11) is 0. The Morgan fingerprint density at radius 2 is 2.03 bits per heavy atom. The number of amides is 1. The Bertz CT molecular complexity index is 1280. The summed E-state index contributed by atoms with van der Waals surface area (Å²) in [6, 6.07) is 7.25. The number of phenolic OH excluding ortho intramolecular Hbond substituents is 1. The zero-order chi connectivity index (χ0) is 24.0. The highest BCUT2D eigenvalue weighted by atomic mass is 19.1. The molecule has 1 fully saturated rings. The molecule has 8 nitrogen and oxygen atoms in total. The van der Waals surface area contributed by atoms with Crippen LogP contribution in [0.15, 0.2) is 34.9 Å². The molecule has 0 unspecified atom stereocenters. The van der Waals surface area contributed by atoms with E-state index in [1.165, 1.54) is 24.3 Å². The normalized spacial score (nSPS) is 18.0. The summed E-state index contributed by atoms with van der Waals surface area (Å²) in [4.78, 5) is 26.8. The fourth-order valence-corrected chi connectivity index (χ4v) is 4.69. The van der Waals surface area contributed by atoms with Gasteiger partial charge in [-0.05, 0) is 38.8 Å². The minimum Gasteiger partial charge on any atom is -0.507 e. The maximum Gasteiger partial charge on any atom is 0.260 e. The number of likely N-dealkylation sites (tertiary alicyclic amines) is 1. The molecule has 2 aliphatic rings. The van der Waals surface area contributed by atoms with Crippen molar-refractivity contribution in [3.8, 4) is 17.2 Å². The SMILES string of the molecule is CC1(C)CC(=O)c2c(O)cc(OCC(=O)N3CCC(c4noc5cc(F)ccc45)CC3)cc2O1. The summed E-state index contributed by atoms with van der Waals surface area (Å²) in [5, 5.41) is 15.2. The number of nitrogens with zero attached hydrogens (tertiary/aromatic N) is 2. The lowest BCUT2D eigenvalue weighted by molar-refractivity contribution is -0.134. The van der Waals surface area contributed by atoms with Crippen LogP contribution in [0, 0.1) is 5.82 Å². The molecule has 9 heteroatoms. The van der Waals surface area contributed by atoms with Gasteiger partial charge in [0.05, 0.1) is 12.1 Å². The fraction of sp³-hybridized carbons (Fsp3) is 0.400. The number of aromatic hydroxyl groups is 1. The zero-order valence-electron chi connectivity index (χ0n) is 19.0. The lowest BCUT2D eigenvalue weighted by Crippen LogP contribution is -2.40. The number of carbonyl (C=O) groups excluding carboxylic acids is 2. The van der Waals surface area contributed by atoms with E-state index < -0.39 is 5.60 Å². The highest BCUT2D eigenvalue weighted by Crippen LogP contribution is 2.41. The first-order valence-electron chi connectivity index (χ1n) is 11.2. The second-order valence-corrected chi connectivity index (χ2v) is 9.43. The van der Waals surface area contributed by atoms with Crippen molar-refractivity contribution in [1.82, 2.24) is 10.1 Å². The molecule has 0 bridgehead atoms. The molecule has 3 heterocycles. The smallest absolute Gasteiger partial charge is 0.260 e. The standard InChI is InChI=1S/C25H25FN2O6/c1-25(2)12-19(30)23-18(29)10-16(11-21(23)33-25)32-13-22(31)28-7-5-14(6-8-28)24-17-4-3-15(26)9-20(17)34-27-24/h3-4,9-11,14,29H,5-8,12-13H2,1-2H3. The number of ether oxygens (including phenoxy) is 2. The number of hydrogen-bond acceptors (Lipinski definition) is 7. The van der Waals surface area contributed by atoms with E-state index in [0.717, 1.165) is 11.1 Å². The van der Waals surface area contributed by atoms with E-state index in [4.69, 9.17) is 14.0 Å². The number of Topliss-reactive ketones (excluding diaryl/α,β-unsaturated/α-hetero) is 1. The lowest BCUT2D eigenvalue weighted by atomic mass is 9.91. The number of halogens is 1. The van der Waals surface area contributed by atoms with E-state index in [0.29, 0.717) is 31.5 Å². The number of carbonyl (C=O) groups is 2. The van der Waals surface area contributed by atoms with E-state index in [1.54, 1.807) is 24.8 Å². The van der Waals surface area contributed by atoms with E-state index in [-0.39, 0.29) is 59.3 Å². The van der Waals surface area contributed by atoms with Crippen LogP contribution in [0.25, 0.3) is 11.0 Å². The summed E-state index contributed by atoms with van der Waals surface area (Å²) in [6.45, 7) is 4.46. The van der Waals surface area contributed by atoms with Gasteiger partial charge in [0.1, 0.15) is 34.2 Å². The second kappa shape index (κ2) is 8.30. The molecule has 2 aliphatic heterocycles. The number of piperidine rings is 1. The predicted molar refractivity (Wildman–Crippen MR) is 120 cm³/mol. The highest BCUT2D eigenvalue weighted by molar-refractivity contribution is 6.03. The third kappa shape index (κ3) is 4.18. The summed E-state index contributed by atoms with van der Waals surface area (Å²) in [6.07, 6.45) is 1.58. The molecule has 3 aromatic rings. The van der Waals surface area contributed by atoms with Crippen molar-refractivity contribution < 1.29 is 33.1 Å². The second-order valence-electron chi connectivity index (χ2n) is 9.43. The molecule has 0 aliphatic carbocycles. The van der Waals surface area contributed by atoms with E-state index in [2.05, 4.69) is 5.16 Å². The Morgan fingerprint density at radius 3 is 2.79 bits per heavy atom. The van der Waals surface area contributed by atoms with Gasteiger partial charge < -0.3 is 24.0 Å². The van der Waals surface area contributed by atoms with Gasteiger partial charge >= 0.3 is 0 Å². The van der Waals surface area contributed by atoms with Crippen LogP contribution in [-0.2, 0) is 4.79 Å². The molecule has 1 saturated heterocycles.